The lowest BCUT2D eigenvalue weighted by Gasteiger charge is -2.15. The van der Waals surface area contributed by atoms with E-state index in [9.17, 15) is 13.2 Å². The van der Waals surface area contributed by atoms with Crippen LogP contribution in [0.5, 0.6) is 0 Å². The van der Waals surface area contributed by atoms with Crippen molar-refractivity contribution in [1.82, 2.24) is 20.0 Å². The molecule has 0 aliphatic rings. The SMILES string of the molecule is Cc1cccc([C@@H](C)OC(=O)Nc2c(-c3ccc(NS(C)(=O)=O)cn3)nnn2C)c1. The number of carbonyl (C=O) groups excluding carboxylic acids is 1. The highest BCUT2D eigenvalue weighted by Gasteiger charge is 2.19. The normalized spacial score (nSPS) is 12.3. The number of nitrogens with zero attached hydrogens (tertiary/aromatic N) is 4. The maximum Gasteiger partial charge on any atom is 0.413 e. The molecule has 2 heterocycles. The molecule has 11 heteroatoms. The highest BCUT2D eigenvalue weighted by atomic mass is 32.2. The molecule has 0 saturated carbocycles. The van der Waals surface area contributed by atoms with Gasteiger partial charge in [-0.05, 0) is 31.5 Å². The minimum absolute atomic E-state index is 0.299. The van der Waals surface area contributed by atoms with Crippen LogP contribution in [0.4, 0.5) is 16.3 Å². The first-order chi connectivity index (χ1) is 14.1. The third kappa shape index (κ3) is 5.32. The fraction of sp³-hybridized carbons (Fsp3) is 0.263. The molecule has 10 nitrogen and oxygen atoms in total. The third-order valence-corrected chi connectivity index (χ3v) is 4.76. The number of ether oxygens (including phenoxy) is 1. The largest absolute Gasteiger partial charge is 0.441 e. The van der Waals surface area contributed by atoms with Gasteiger partial charge in [0.1, 0.15) is 6.10 Å². The van der Waals surface area contributed by atoms with Crippen molar-refractivity contribution in [2.24, 2.45) is 7.05 Å². The Hall–Kier alpha value is -3.47. The van der Waals surface area contributed by atoms with E-state index in [1.807, 2.05) is 31.2 Å². The molecule has 0 fully saturated rings. The maximum absolute atomic E-state index is 12.4. The first kappa shape index (κ1) is 21.2. The van der Waals surface area contributed by atoms with Crippen LogP contribution in [-0.4, -0.2) is 40.7 Å². The lowest BCUT2D eigenvalue weighted by molar-refractivity contribution is 0.121. The van der Waals surface area contributed by atoms with Crippen molar-refractivity contribution in [1.29, 1.82) is 0 Å². The molecule has 0 bridgehead atoms. The quantitative estimate of drug-likeness (QED) is 0.615. The number of aryl methyl sites for hydroxylation is 2. The Morgan fingerprint density at radius 3 is 2.63 bits per heavy atom. The second-order valence-electron chi connectivity index (χ2n) is 6.80. The van der Waals surface area contributed by atoms with Crippen molar-refractivity contribution in [3.05, 3.63) is 53.7 Å². The van der Waals surface area contributed by atoms with Crippen LogP contribution >= 0.6 is 0 Å². The van der Waals surface area contributed by atoms with Crippen LogP contribution in [0.25, 0.3) is 11.4 Å². The summed E-state index contributed by atoms with van der Waals surface area (Å²) in [7, 11) is -1.79. The number of nitrogens with one attached hydrogen (secondary N) is 2. The molecule has 1 amide bonds. The molecule has 0 aliphatic heterocycles. The number of anilines is 2. The van der Waals surface area contributed by atoms with Crippen molar-refractivity contribution < 1.29 is 17.9 Å². The number of pyridine rings is 1. The standard InChI is InChI=1S/C19H22N6O4S/c1-12-6-5-7-14(10-12)13(2)29-19(26)21-18-17(22-24-25(18)3)16-9-8-15(11-20-16)23-30(4,27)28/h5-11,13,23H,1-4H3,(H,21,26)/t13-/m1/s1. The van der Waals surface area contributed by atoms with E-state index < -0.39 is 22.2 Å². The molecule has 2 N–H and O–H groups in total. The minimum atomic E-state index is -3.41. The van der Waals surface area contributed by atoms with Gasteiger partial charge in [-0.3, -0.25) is 15.0 Å². The second kappa shape index (κ2) is 8.49. The van der Waals surface area contributed by atoms with Gasteiger partial charge in [0.2, 0.25) is 10.0 Å². The number of sulfonamides is 1. The average Bonchev–Trinajstić information content (AvgIpc) is 3.01. The van der Waals surface area contributed by atoms with Gasteiger partial charge >= 0.3 is 6.09 Å². The second-order valence-corrected chi connectivity index (χ2v) is 8.55. The van der Waals surface area contributed by atoms with Crippen LogP contribution in [0.2, 0.25) is 0 Å². The van der Waals surface area contributed by atoms with Crippen LogP contribution < -0.4 is 10.0 Å². The molecule has 0 spiro atoms. The predicted octanol–water partition coefficient (Wildman–Crippen LogP) is 2.87. The Bertz CT molecular complexity index is 1160. The molecule has 2 aromatic heterocycles. The van der Waals surface area contributed by atoms with Crippen LogP contribution in [0.3, 0.4) is 0 Å². The number of aromatic nitrogens is 4. The molecular formula is C19H22N6O4S. The number of amides is 1. The molecule has 1 aromatic carbocycles. The van der Waals surface area contributed by atoms with Crippen LogP contribution in [0.1, 0.15) is 24.2 Å². The van der Waals surface area contributed by atoms with Crippen LogP contribution in [-0.2, 0) is 21.8 Å². The lowest BCUT2D eigenvalue weighted by Crippen LogP contribution is -2.18. The van der Waals surface area contributed by atoms with Gasteiger partial charge in [0.25, 0.3) is 0 Å². The van der Waals surface area contributed by atoms with Gasteiger partial charge in [-0.25, -0.2) is 17.9 Å². The highest BCUT2D eigenvalue weighted by molar-refractivity contribution is 7.92. The zero-order valence-corrected chi connectivity index (χ0v) is 17.8. The third-order valence-electron chi connectivity index (χ3n) is 4.15. The first-order valence-electron chi connectivity index (χ1n) is 9.00. The summed E-state index contributed by atoms with van der Waals surface area (Å²) in [6, 6.07) is 10.8. The van der Waals surface area contributed by atoms with E-state index >= 15 is 0 Å². The van der Waals surface area contributed by atoms with E-state index in [-0.39, 0.29) is 0 Å². The molecular weight excluding hydrogens is 408 g/mol. The summed E-state index contributed by atoms with van der Waals surface area (Å²) in [5, 5.41) is 10.6. The lowest BCUT2D eigenvalue weighted by atomic mass is 10.1. The predicted molar refractivity (Wildman–Crippen MR) is 112 cm³/mol. The van der Waals surface area contributed by atoms with Gasteiger partial charge in [-0.2, -0.15) is 0 Å². The van der Waals surface area contributed by atoms with Gasteiger partial charge in [0, 0.05) is 7.05 Å². The van der Waals surface area contributed by atoms with E-state index in [1.54, 1.807) is 26.1 Å². The Labute approximate surface area is 174 Å². The summed E-state index contributed by atoms with van der Waals surface area (Å²) in [6.45, 7) is 3.75. The van der Waals surface area contributed by atoms with Gasteiger partial charge in [0.15, 0.2) is 11.5 Å². The monoisotopic (exact) mass is 430 g/mol. The molecule has 158 valence electrons. The minimum Gasteiger partial charge on any atom is -0.441 e. The van der Waals surface area contributed by atoms with E-state index in [4.69, 9.17) is 4.74 Å². The fourth-order valence-electron chi connectivity index (χ4n) is 2.76. The molecule has 0 saturated heterocycles. The van der Waals surface area contributed by atoms with E-state index in [0.717, 1.165) is 17.4 Å². The fourth-order valence-corrected chi connectivity index (χ4v) is 3.30. The van der Waals surface area contributed by atoms with Crippen molar-refractivity contribution in [2.75, 3.05) is 16.3 Å². The van der Waals surface area contributed by atoms with E-state index in [2.05, 4.69) is 25.3 Å². The van der Waals surface area contributed by atoms with Crippen LogP contribution in [0, 0.1) is 6.92 Å². The number of hydrogen-bond donors (Lipinski definition) is 2. The smallest absolute Gasteiger partial charge is 0.413 e. The van der Waals surface area contributed by atoms with Crippen molar-refractivity contribution in [3.8, 4) is 11.4 Å². The summed E-state index contributed by atoms with van der Waals surface area (Å²) >= 11 is 0. The van der Waals surface area contributed by atoms with Crippen molar-refractivity contribution >= 4 is 27.6 Å². The van der Waals surface area contributed by atoms with Gasteiger partial charge in [0.05, 0.1) is 23.8 Å². The summed E-state index contributed by atoms with van der Waals surface area (Å²) in [5.41, 5.74) is 2.99. The zero-order valence-electron chi connectivity index (χ0n) is 16.9. The molecule has 0 radical (unpaired) electrons. The molecule has 30 heavy (non-hydrogen) atoms. The summed E-state index contributed by atoms with van der Waals surface area (Å²) in [5.74, 6) is 0.299. The summed E-state index contributed by atoms with van der Waals surface area (Å²) < 4.78 is 31.8. The molecule has 3 aromatic rings. The number of rotatable bonds is 6. The van der Waals surface area contributed by atoms with Crippen LogP contribution in [0.15, 0.2) is 42.6 Å². The van der Waals surface area contributed by atoms with Crippen molar-refractivity contribution in [2.45, 2.75) is 20.0 Å². The Morgan fingerprint density at radius 1 is 1.23 bits per heavy atom. The molecule has 3 rings (SSSR count). The molecule has 0 unspecified atom stereocenters. The number of hydrogen-bond acceptors (Lipinski definition) is 7. The average molecular weight is 430 g/mol. The zero-order chi connectivity index (χ0) is 21.9. The summed E-state index contributed by atoms with van der Waals surface area (Å²) in [6.07, 6.45) is 1.29. The number of benzene rings is 1. The first-order valence-corrected chi connectivity index (χ1v) is 10.9. The van der Waals surface area contributed by atoms with Gasteiger partial charge in [-0.1, -0.05) is 35.0 Å². The molecule has 0 aliphatic carbocycles. The van der Waals surface area contributed by atoms with Crippen molar-refractivity contribution in [3.63, 3.8) is 0 Å². The highest BCUT2D eigenvalue weighted by Crippen LogP contribution is 2.25. The topological polar surface area (TPSA) is 128 Å². The van der Waals surface area contributed by atoms with E-state index in [1.165, 1.54) is 10.9 Å². The Balaban J connectivity index is 1.75. The number of carbonyl (C=O) groups is 1. The maximum atomic E-state index is 12.4. The molecule has 1 atom stereocenters. The summed E-state index contributed by atoms with van der Waals surface area (Å²) in [4.78, 5) is 16.6. The van der Waals surface area contributed by atoms with E-state index in [0.29, 0.717) is 22.9 Å². The Kier molecular flexibility index (Phi) is 6.01. The van der Waals surface area contributed by atoms with Gasteiger partial charge in [-0.15, -0.1) is 5.10 Å². The Morgan fingerprint density at radius 2 is 2.00 bits per heavy atom. The van der Waals surface area contributed by atoms with Gasteiger partial charge < -0.3 is 4.74 Å².